The van der Waals surface area contributed by atoms with E-state index in [4.69, 9.17) is 0 Å². The van der Waals surface area contributed by atoms with Gasteiger partial charge in [0.1, 0.15) is 11.2 Å². The Morgan fingerprint density at radius 3 is 2.59 bits per heavy atom. The van der Waals surface area contributed by atoms with Crippen molar-refractivity contribution in [1.29, 1.82) is 0 Å². The third kappa shape index (κ3) is 3.89. The van der Waals surface area contributed by atoms with Gasteiger partial charge < -0.3 is 15.5 Å². The number of amides is 3. The molecule has 0 unspecified atom stereocenters. The van der Waals surface area contributed by atoms with Gasteiger partial charge in [-0.25, -0.2) is 0 Å². The highest BCUT2D eigenvalue weighted by Crippen LogP contribution is 2.28. The summed E-state index contributed by atoms with van der Waals surface area (Å²) in [6, 6.07) is 7.34. The summed E-state index contributed by atoms with van der Waals surface area (Å²) < 4.78 is 1.49. The minimum absolute atomic E-state index is 0.148. The molecule has 8 heteroatoms. The van der Waals surface area contributed by atoms with Crippen LogP contribution in [0, 0.1) is 13.8 Å². The smallest absolute Gasteiger partial charge is 0.276 e. The maximum Gasteiger partial charge on any atom is 0.276 e. The van der Waals surface area contributed by atoms with Gasteiger partial charge in [0.25, 0.3) is 11.8 Å². The molecule has 32 heavy (non-hydrogen) atoms. The number of aromatic nitrogens is 2. The normalized spacial score (nSPS) is 21.2. The van der Waals surface area contributed by atoms with Gasteiger partial charge in [0.05, 0.1) is 6.54 Å². The second-order valence-corrected chi connectivity index (χ2v) is 9.22. The predicted octanol–water partition coefficient (Wildman–Crippen LogP) is 3.05. The van der Waals surface area contributed by atoms with E-state index in [1.165, 1.54) is 22.1 Å². The summed E-state index contributed by atoms with van der Waals surface area (Å²) >= 11 is 0. The summed E-state index contributed by atoms with van der Waals surface area (Å²) in [7, 11) is 1.63. The van der Waals surface area contributed by atoms with Gasteiger partial charge in [0.2, 0.25) is 5.91 Å². The lowest BCUT2D eigenvalue weighted by atomic mass is 9.92. The monoisotopic (exact) mass is 437 g/mol. The molecule has 0 radical (unpaired) electrons. The van der Waals surface area contributed by atoms with Crippen molar-refractivity contribution < 1.29 is 14.4 Å². The van der Waals surface area contributed by atoms with Gasteiger partial charge in [-0.15, -0.1) is 0 Å². The van der Waals surface area contributed by atoms with Crippen molar-refractivity contribution in [1.82, 2.24) is 20.0 Å². The van der Waals surface area contributed by atoms with Gasteiger partial charge in [-0.2, -0.15) is 5.10 Å². The zero-order valence-corrected chi connectivity index (χ0v) is 19.2. The number of anilines is 1. The van der Waals surface area contributed by atoms with E-state index in [0.717, 1.165) is 36.8 Å². The molecule has 170 valence electrons. The third-order valence-corrected chi connectivity index (χ3v) is 7.02. The molecule has 1 aromatic heterocycles. The van der Waals surface area contributed by atoms with Crippen LogP contribution in [0.2, 0.25) is 0 Å². The first-order valence-electron chi connectivity index (χ1n) is 11.3. The van der Waals surface area contributed by atoms with Gasteiger partial charge in [-0.05, 0) is 50.8 Å². The van der Waals surface area contributed by atoms with E-state index in [-0.39, 0.29) is 36.0 Å². The number of benzene rings is 1. The second-order valence-electron chi connectivity index (χ2n) is 9.22. The molecule has 2 heterocycles. The topological polar surface area (TPSA) is 96.3 Å². The molecule has 8 nitrogen and oxygen atoms in total. The maximum absolute atomic E-state index is 13.2. The average molecular weight is 438 g/mol. The summed E-state index contributed by atoms with van der Waals surface area (Å²) in [5.41, 5.74) is 2.15. The standard InChI is InChI=1S/C24H31N5O3/c1-15-9-8-12-18(16(15)2)26-21(30)19-13-20-22(31)28(4)24(3,14-29(20)27-19)23(32)25-17-10-6-5-7-11-17/h8-9,12-13,17H,5-7,10-11,14H2,1-4H3,(H,25,32)(H,26,30)/t24-/m0/s1. The number of rotatable bonds is 4. The van der Waals surface area contributed by atoms with Gasteiger partial charge in [0.15, 0.2) is 5.69 Å². The lowest BCUT2D eigenvalue weighted by Crippen LogP contribution is -2.63. The lowest BCUT2D eigenvalue weighted by Gasteiger charge is -2.41. The van der Waals surface area contributed by atoms with E-state index in [2.05, 4.69) is 15.7 Å². The molecule has 1 fully saturated rings. The Morgan fingerprint density at radius 1 is 1.16 bits per heavy atom. The van der Waals surface area contributed by atoms with Crippen LogP contribution < -0.4 is 10.6 Å². The number of carbonyl (C=O) groups excluding carboxylic acids is 3. The Hall–Kier alpha value is -3.16. The van der Waals surface area contributed by atoms with E-state index >= 15 is 0 Å². The number of nitrogens with one attached hydrogen (secondary N) is 2. The van der Waals surface area contributed by atoms with Crippen molar-refractivity contribution in [2.24, 2.45) is 0 Å². The Labute approximate surface area is 188 Å². The minimum Gasteiger partial charge on any atom is -0.351 e. The van der Waals surface area contributed by atoms with Crippen LogP contribution in [0.5, 0.6) is 0 Å². The van der Waals surface area contributed by atoms with Gasteiger partial charge in [-0.3, -0.25) is 19.1 Å². The Bertz CT molecular complexity index is 1070. The minimum atomic E-state index is -1.07. The molecule has 2 aromatic rings. The zero-order valence-electron chi connectivity index (χ0n) is 19.2. The van der Waals surface area contributed by atoms with E-state index in [9.17, 15) is 14.4 Å². The van der Waals surface area contributed by atoms with Crippen molar-refractivity contribution in [3.05, 3.63) is 46.8 Å². The molecule has 2 N–H and O–H groups in total. The number of hydrogen-bond donors (Lipinski definition) is 2. The van der Waals surface area contributed by atoms with Crippen LogP contribution in [0.4, 0.5) is 5.69 Å². The number of fused-ring (bicyclic) bond motifs is 1. The lowest BCUT2D eigenvalue weighted by molar-refractivity contribution is -0.133. The first kappa shape index (κ1) is 22.0. The van der Waals surface area contributed by atoms with Crippen molar-refractivity contribution in [3.8, 4) is 0 Å². The molecule has 3 amide bonds. The molecular formula is C24H31N5O3. The van der Waals surface area contributed by atoms with E-state index in [1.54, 1.807) is 14.0 Å². The Morgan fingerprint density at radius 2 is 1.88 bits per heavy atom. The van der Waals surface area contributed by atoms with Gasteiger partial charge in [-0.1, -0.05) is 31.4 Å². The zero-order chi connectivity index (χ0) is 23.0. The summed E-state index contributed by atoms with van der Waals surface area (Å²) in [4.78, 5) is 40.6. The fourth-order valence-electron chi connectivity index (χ4n) is 4.50. The maximum atomic E-state index is 13.2. The third-order valence-electron chi connectivity index (χ3n) is 7.02. The quantitative estimate of drug-likeness (QED) is 0.768. The van der Waals surface area contributed by atoms with Crippen LogP contribution in [0.3, 0.4) is 0 Å². The molecule has 1 atom stereocenters. The van der Waals surface area contributed by atoms with Crippen LogP contribution in [-0.2, 0) is 11.3 Å². The Kier molecular flexibility index (Phi) is 5.79. The molecular weight excluding hydrogens is 406 g/mol. The molecule has 2 aliphatic rings. The number of carbonyl (C=O) groups is 3. The summed E-state index contributed by atoms with van der Waals surface area (Å²) in [6.07, 6.45) is 5.35. The second kappa shape index (κ2) is 8.41. The number of nitrogens with zero attached hydrogens (tertiary/aromatic N) is 3. The first-order chi connectivity index (χ1) is 15.2. The Balaban J connectivity index is 1.55. The molecule has 0 bridgehead atoms. The number of aryl methyl sites for hydroxylation is 1. The van der Waals surface area contributed by atoms with Crippen LogP contribution in [-0.4, -0.2) is 51.0 Å². The van der Waals surface area contributed by atoms with E-state index in [0.29, 0.717) is 11.4 Å². The van der Waals surface area contributed by atoms with Crippen LogP contribution in [0.25, 0.3) is 0 Å². The van der Waals surface area contributed by atoms with E-state index < -0.39 is 5.54 Å². The van der Waals surface area contributed by atoms with Crippen molar-refractivity contribution >= 4 is 23.4 Å². The molecule has 1 aliphatic carbocycles. The van der Waals surface area contributed by atoms with Crippen LogP contribution in [0.1, 0.15) is 71.1 Å². The van der Waals surface area contributed by atoms with Crippen molar-refractivity contribution in [2.75, 3.05) is 12.4 Å². The largest absolute Gasteiger partial charge is 0.351 e. The molecule has 0 spiro atoms. The van der Waals surface area contributed by atoms with Crippen molar-refractivity contribution in [3.63, 3.8) is 0 Å². The fraction of sp³-hybridized carbons (Fsp3) is 0.500. The van der Waals surface area contributed by atoms with Gasteiger partial charge >= 0.3 is 0 Å². The molecule has 4 rings (SSSR count). The highest BCUT2D eigenvalue weighted by Gasteiger charge is 2.46. The summed E-state index contributed by atoms with van der Waals surface area (Å²) in [5.74, 6) is -0.886. The number of hydrogen-bond acceptors (Lipinski definition) is 4. The highest BCUT2D eigenvalue weighted by atomic mass is 16.2. The highest BCUT2D eigenvalue weighted by molar-refractivity contribution is 6.06. The molecule has 1 aliphatic heterocycles. The summed E-state index contributed by atoms with van der Waals surface area (Å²) in [6.45, 7) is 5.87. The van der Waals surface area contributed by atoms with Crippen molar-refractivity contribution in [2.45, 2.75) is 71.0 Å². The SMILES string of the molecule is Cc1cccc(NC(=O)c2cc3n(n2)C[C@@](C)(C(=O)NC2CCCCC2)N(C)C3=O)c1C. The van der Waals surface area contributed by atoms with Crippen LogP contribution >= 0.6 is 0 Å². The van der Waals surface area contributed by atoms with E-state index in [1.807, 2.05) is 32.0 Å². The first-order valence-corrected chi connectivity index (χ1v) is 11.3. The number of likely N-dealkylation sites (N-methyl/N-ethyl adjacent to an activating group) is 1. The predicted molar refractivity (Wildman–Crippen MR) is 122 cm³/mol. The molecule has 1 saturated carbocycles. The fourth-order valence-corrected chi connectivity index (χ4v) is 4.50. The van der Waals surface area contributed by atoms with Crippen LogP contribution in [0.15, 0.2) is 24.3 Å². The summed E-state index contributed by atoms with van der Waals surface area (Å²) in [5, 5.41) is 10.4. The average Bonchev–Trinajstić information content (AvgIpc) is 3.20. The van der Waals surface area contributed by atoms with Gasteiger partial charge in [0, 0.05) is 24.8 Å². The molecule has 0 saturated heterocycles. The molecule has 1 aromatic carbocycles.